The molecule has 0 aromatic heterocycles. The lowest BCUT2D eigenvalue weighted by Gasteiger charge is -2.18. The number of hydrogen-bond acceptors (Lipinski definition) is 6. The van der Waals surface area contributed by atoms with Crippen molar-refractivity contribution < 1.29 is 29.2 Å². The molecule has 6 heteroatoms. The molecule has 0 spiro atoms. The first kappa shape index (κ1) is 20.0. The number of rotatable bonds is 8. The molecule has 0 saturated carbocycles. The van der Waals surface area contributed by atoms with Crippen molar-refractivity contribution in [2.45, 2.75) is 18.9 Å². The number of benzene rings is 2. The maximum Gasteiger partial charge on any atom is 0.165 e. The molecular formula is C22H26O6. The van der Waals surface area contributed by atoms with E-state index in [1.54, 1.807) is 25.3 Å². The SMILES string of the molecule is CCOCC=Cc1cc(OC)c2c(c1)[C@@H](CO)[C@@H](c1ccc(O)c(OC)c1)O2. The van der Waals surface area contributed by atoms with Crippen molar-refractivity contribution in [1.29, 1.82) is 0 Å². The summed E-state index contributed by atoms with van der Waals surface area (Å²) in [5, 5.41) is 19.9. The topological polar surface area (TPSA) is 77.4 Å². The molecule has 2 N–H and O–H groups in total. The van der Waals surface area contributed by atoms with Gasteiger partial charge in [-0.05, 0) is 42.3 Å². The molecule has 150 valence electrons. The van der Waals surface area contributed by atoms with Crippen molar-refractivity contribution in [2.24, 2.45) is 0 Å². The summed E-state index contributed by atoms with van der Waals surface area (Å²) in [6.45, 7) is 3.06. The molecule has 0 bridgehead atoms. The highest BCUT2D eigenvalue weighted by Crippen LogP contribution is 2.51. The molecule has 2 aromatic carbocycles. The van der Waals surface area contributed by atoms with E-state index in [0.29, 0.717) is 30.5 Å². The van der Waals surface area contributed by atoms with E-state index in [-0.39, 0.29) is 18.3 Å². The number of phenolic OH excluding ortho intramolecular Hbond substituents is 1. The predicted octanol–water partition coefficient (Wildman–Crippen LogP) is 3.67. The van der Waals surface area contributed by atoms with Crippen LogP contribution in [0.3, 0.4) is 0 Å². The van der Waals surface area contributed by atoms with Crippen LogP contribution in [0.2, 0.25) is 0 Å². The van der Waals surface area contributed by atoms with E-state index >= 15 is 0 Å². The van der Waals surface area contributed by atoms with Crippen molar-refractivity contribution in [1.82, 2.24) is 0 Å². The third kappa shape index (κ3) is 3.93. The lowest BCUT2D eigenvalue weighted by Crippen LogP contribution is -2.13. The lowest BCUT2D eigenvalue weighted by molar-refractivity contribution is 0.157. The van der Waals surface area contributed by atoms with Crippen LogP contribution >= 0.6 is 0 Å². The van der Waals surface area contributed by atoms with Gasteiger partial charge in [-0.2, -0.15) is 0 Å². The Balaban J connectivity index is 1.96. The monoisotopic (exact) mass is 386 g/mol. The minimum absolute atomic E-state index is 0.0570. The zero-order valence-electron chi connectivity index (χ0n) is 16.3. The second-order valence-corrected chi connectivity index (χ2v) is 6.46. The molecule has 0 fully saturated rings. The summed E-state index contributed by atoms with van der Waals surface area (Å²) in [4.78, 5) is 0. The number of aromatic hydroxyl groups is 1. The van der Waals surface area contributed by atoms with Crippen LogP contribution in [0.5, 0.6) is 23.0 Å². The Morgan fingerprint density at radius 3 is 2.57 bits per heavy atom. The van der Waals surface area contributed by atoms with Crippen LogP contribution in [0.1, 0.15) is 35.6 Å². The number of aliphatic hydroxyl groups is 1. The second kappa shape index (κ2) is 8.99. The summed E-state index contributed by atoms with van der Waals surface area (Å²) in [7, 11) is 3.09. The Morgan fingerprint density at radius 1 is 1.11 bits per heavy atom. The fraction of sp³-hybridized carbons (Fsp3) is 0.364. The van der Waals surface area contributed by atoms with Gasteiger partial charge in [-0.15, -0.1) is 0 Å². The molecule has 0 aliphatic carbocycles. The average molecular weight is 386 g/mol. The van der Waals surface area contributed by atoms with Gasteiger partial charge in [-0.25, -0.2) is 0 Å². The highest BCUT2D eigenvalue weighted by atomic mass is 16.5. The standard InChI is InChI=1S/C22H26O6/c1-4-27-9-5-6-14-10-16-17(13-23)21(28-22(16)20(11-14)26-3)15-7-8-18(24)19(12-15)25-2/h5-8,10-12,17,21,23-24H,4,9,13H2,1-3H3/t17-,21-/m1/s1. The molecule has 1 aliphatic heterocycles. The van der Waals surface area contributed by atoms with Gasteiger partial charge in [0.1, 0.15) is 6.10 Å². The number of hydrogen-bond donors (Lipinski definition) is 2. The van der Waals surface area contributed by atoms with Gasteiger partial charge in [-0.1, -0.05) is 18.2 Å². The predicted molar refractivity (Wildman–Crippen MR) is 106 cm³/mol. The van der Waals surface area contributed by atoms with Gasteiger partial charge >= 0.3 is 0 Å². The van der Waals surface area contributed by atoms with Crippen LogP contribution in [0.15, 0.2) is 36.4 Å². The summed E-state index contributed by atoms with van der Waals surface area (Å²) in [5.74, 6) is 1.39. The van der Waals surface area contributed by atoms with E-state index in [1.807, 2.05) is 31.2 Å². The molecule has 0 radical (unpaired) electrons. The van der Waals surface area contributed by atoms with Crippen LogP contribution < -0.4 is 14.2 Å². The summed E-state index contributed by atoms with van der Waals surface area (Å²) in [5.41, 5.74) is 2.64. The minimum Gasteiger partial charge on any atom is -0.504 e. The zero-order valence-corrected chi connectivity index (χ0v) is 16.3. The summed E-state index contributed by atoms with van der Waals surface area (Å²) >= 11 is 0. The van der Waals surface area contributed by atoms with Crippen LogP contribution in [-0.4, -0.2) is 44.3 Å². The third-order valence-electron chi connectivity index (χ3n) is 4.79. The van der Waals surface area contributed by atoms with E-state index in [1.165, 1.54) is 7.11 Å². The van der Waals surface area contributed by atoms with Crippen LogP contribution in [0.4, 0.5) is 0 Å². The number of fused-ring (bicyclic) bond motifs is 1. The number of phenols is 1. The maximum absolute atomic E-state index is 10.1. The van der Waals surface area contributed by atoms with Gasteiger partial charge in [0.15, 0.2) is 23.0 Å². The van der Waals surface area contributed by atoms with Gasteiger partial charge in [0, 0.05) is 12.2 Å². The summed E-state index contributed by atoms with van der Waals surface area (Å²) in [6.07, 6.45) is 3.49. The average Bonchev–Trinajstić information content (AvgIpc) is 3.09. The molecule has 3 rings (SSSR count). The van der Waals surface area contributed by atoms with E-state index in [0.717, 1.165) is 16.7 Å². The van der Waals surface area contributed by atoms with E-state index in [9.17, 15) is 10.2 Å². The highest BCUT2D eigenvalue weighted by molar-refractivity contribution is 5.62. The molecule has 0 saturated heterocycles. The third-order valence-corrected chi connectivity index (χ3v) is 4.79. The molecule has 1 aliphatic rings. The fourth-order valence-corrected chi connectivity index (χ4v) is 3.40. The van der Waals surface area contributed by atoms with E-state index < -0.39 is 6.10 Å². The van der Waals surface area contributed by atoms with Gasteiger partial charge in [0.25, 0.3) is 0 Å². The Kier molecular flexibility index (Phi) is 6.44. The Bertz CT molecular complexity index is 845. The fourth-order valence-electron chi connectivity index (χ4n) is 3.40. The van der Waals surface area contributed by atoms with Gasteiger partial charge in [-0.3, -0.25) is 0 Å². The van der Waals surface area contributed by atoms with Crippen LogP contribution in [0, 0.1) is 0 Å². The molecular weight excluding hydrogens is 360 g/mol. The molecule has 2 atom stereocenters. The van der Waals surface area contributed by atoms with Crippen LogP contribution in [-0.2, 0) is 4.74 Å². The number of aliphatic hydroxyl groups excluding tert-OH is 1. The molecule has 28 heavy (non-hydrogen) atoms. The second-order valence-electron chi connectivity index (χ2n) is 6.46. The highest BCUT2D eigenvalue weighted by Gasteiger charge is 2.37. The molecule has 6 nitrogen and oxygen atoms in total. The molecule has 1 heterocycles. The number of ether oxygens (including phenoxy) is 4. The first-order chi connectivity index (χ1) is 13.6. The zero-order chi connectivity index (χ0) is 20.1. The largest absolute Gasteiger partial charge is 0.504 e. The van der Waals surface area contributed by atoms with Crippen molar-refractivity contribution in [3.8, 4) is 23.0 Å². The normalized spacial score (nSPS) is 18.1. The quantitative estimate of drug-likeness (QED) is 0.674. The Morgan fingerprint density at radius 2 is 1.89 bits per heavy atom. The van der Waals surface area contributed by atoms with Gasteiger partial charge < -0.3 is 29.2 Å². The van der Waals surface area contributed by atoms with E-state index in [4.69, 9.17) is 18.9 Å². The lowest BCUT2D eigenvalue weighted by atomic mass is 9.90. The van der Waals surface area contributed by atoms with Crippen molar-refractivity contribution in [3.63, 3.8) is 0 Å². The molecule has 0 amide bonds. The summed E-state index contributed by atoms with van der Waals surface area (Å²) < 4.78 is 22.3. The van der Waals surface area contributed by atoms with Crippen LogP contribution in [0.25, 0.3) is 6.08 Å². The maximum atomic E-state index is 10.1. The molecule has 2 aromatic rings. The Hall–Kier alpha value is -2.70. The van der Waals surface area contributed by atoms with Gasteiger partial charge in [0.2, 0.25) is 0 Å². The Labute approximate surface area is 164 Å². The van der Waals surface area contributed by atoms with Crippen molar-refractivity contribution >= 4 is 6.08 Å². The minimum atomic E-state index is -0.411. The van der Waals surface area contributed by atoms with Crippen molar-refractivity contribution in [2.75, 3.05) is 34.0 Å². The van der Waals surface area contributed by atoms with E-state index in [2.05, 4.69) is 0 Å². The molecule has 0 unspecified atom stereocenters. The number of methoxy groups -OCH3 is 2. The smallest absolute Gasteiger partial charge is 0.165 e. The first-order valence-corrected chi connectivity index (χ1v) is 9.23. The van der Waals surface area contributed by atoms with Gasteiger partial charge in [0.05, 0.1) is 33.4 Å². The summed E-state index contributed by atoms with van der Waals surface area (Å²) in [6, 6.07) is 8.96. The van der Waals surface area contributed by atoms with Crippen molar-refractivity contribution in [3.05, 3.63) is 53.1 Å². The first-order valence-electron chi connectivity index (χ1n) is 9.23.